The van der Waals surface area contributed by atoms with E-state index in [1.165, 1.54) is 28.4 Å². The molecule has 0 aromatic carbocycles. The molecule has 0 N–H and O–H groups in total. The number of hydrogen-bond acceptors (Lipinski definition) is 6. The molecule has 2 rings (SSSR count). The summed E-state index contributed by atoms with van der Waals surface area (Å²) in [4.78, 5) is 0.183. The maximum absolute atomic E-state index is 11.2. The van der Waals surface area contributed by atoms with Gasteiger partial charge in [0, 0.05) is 12.5 Å². The summed E-state index contributed by atoms with van der Waals surface area (Å²) in [6.45, 7) is 0.361. The molecule has 0 radical (unpaired) electrons. The van der Waals surface area contributed by atoms with Crippen molar-refractivity contribution in [3.63, 3.8) is 0 Å². The molecule has 0 aliphatic heterocycles. The summed E-state index contributed by atoms with van der Waals surface area (Å²) < 4.78 is 24.2. The lowest BCUT2D eigenvalue weighted by Gasteiger charge is -1.94. The van der Waals surface area contributed by atoms with Crippen LogP contribution in [0, 0.1) is 0 Å². The molecule has 0 bridgehead atoms. The Hall–Kier alpha value is -0.990. The number of hydrogen-bond donors (Lipinski definition) is 0. The van der Waals surface area contributed by atoms with Gasteiger partial charge in [0.05, 0.1) is 12.7 Å². The van der Waals surface area contributed by atoms with Crippen molar-refractivity contribution in [2.45, 2.75) is 11.4 Å². The van der Waals surface area contributed by atoms with Gasteiger partial charge in [-0.25, -0.2) is 8.42 Å². The van der Waals surface area contributed by atoms with Gasteiger partial charge in [0.1, 0.15) is 9.90 Å². The molecule has 0 aliphatic rings. The van der Waals surface area contributed by atoms with Crippen molar-refractivity contribution in [3.8, 4) is 0 Å². The van der Waals surface area contributed by atoms with Gasteiger partial charge in [0.25, 0.3) is 0 Å². The fourth-order valence-electron chi connectivity index (χ4n) is 1.06. The van der Waals surface area contributed by atoms with Gasteiger partial charge in [-0.1, -0.05) is 11.3 Å². The fourth-order valence-corrected chi connectivity index (χ4v) is 2.47. The van der Waals surface area contributed by atoms with Crippen LogP contribution in [0.5, 0.6) is 0 Å². The van der Waals surface area contributed by atoms with Crippen LogP contribution in [0.1, 0.15) is 5.01 Å². The SMILES string of the molecule is CS(=O)(=O)c1cnn(Cc2nnc(Cl)s2)c1. The maximum atomic E-state index is 11.2. The number of halogens is 1. The highest BCUT2D eigenvalue weighted by Gasteiger charge is 2.11. The molecule has 2 aromatic heterocycles. The second-order valence-corrected chi connectivity index (χ2v) is 6.75. The quantitative estimate of drug-likeness (QED) is 0.831. The molecular weight excluding hydrogens is 272 g/mol. The van der Waals surface area contributed by atoms with E-state index in [0.717, 1.165) is 6.26 Å². The summed E-state index contributed by atoms with van der Waals surface area (Å²) >= 11 is 6.86. The van der Waals surface area contributed by atoms with E-state index in [2.05, 4.69) is 15.3 Å². The van der Waals surface area contributed by atoms with Crippen LogP contribution in [-0.4, -0.2) is 34.7 Å². The van der Waals surface area contributed by atoms with E-state index in [0.29, 0.717) is 16.0 Å². The first-order valence-corrected chi connectivity index (χ1v) is 7.24. The first-order chi connectivity index (χ1) is 7.45. The molecular formula is C7H7ClN4O2S2. The Morgan fingerprint density at radius 2 is 2.25 bits per heavy atom. The second kappa shape index (κ2) is 4.11. The molecule has 0 fully saturated rings. The van der Waals surface area contributed by atoms with Crippen LogP contribution in [0.15, 0.2) is 17.3 Å². The predicted molar refractivity (Wildman–Crippen MR) is 59.4 cm³/mol. The lowest BCUT2D eigenvalue weighted by Crippen LogP contribution is -2.00. The Labute approximate surface area is 101 Å². The smallest absolute Gasteiger partial charge is 0.207 e. The van der Waals surface area contributed by atoms with Crippen LogP contribution in [0.25, 0.3) is 0 Å². The molecule has 0 unspecified atom stereocenters. The molecule has 6 nitrogen and oxygen atoms in total. The van der Waals surface area contributed by atoms with Gasteiger partial charge in [-0.3, -0.25) is 4.68 Å². The largest absolute Gasteiger partial charge is 0.264 e. The van der Waals surface area contributed by atoms with Crippen LogP contribution >= 0.6 is 22.9 Å². The molecule has 16 heavy (non-hydrogen) atoms. The average molecular weight is 279 g/mol. The Kier molecular flexibility index (Phi) is 2.96. The lowest BCUT2D eigenvalue weighted by atomic mass is 10.7. The highest BCUT2D eigenvalue weighted by Crippen LogP contribution is 2.16. The van der Waals surface area contributed by atoms with E-state index in [-0.39, 0.29) is 4.90 Å². The third kappa shape index (κ3) is 2.57. The standard InChI is InChI=1S/C7H7ClN4O2S2/c1-16(13,14)5-2-9-12(3-5)4-6-10-11-7(8)15-6/h2-3H,4H2,1H3. The maximum Gasteiger partial charge on any atom is 0.207 e. The molecule has 0 saturated carbocycles. The minimum absolute atomic E-state index is 0.183. The van der Waals surface area contributed by atoms with Crippen LogP contribution < -0.4 is 0 Å². The van der Waals surface area contributed by atoms with Gasteiger partial charge < -0.3 is 0 Å². The Morgan fingerprint density at radius 1 is 1.50 bits per heavy atom. The topological polar surface area (TPSA) is 77.7 Å². The average Bonchev–Trinajstić information content (AvgIpc) is 2.74. The monoisotopic (exact) mass is 278 g/mol. The molecule has 0 aliphatic carbocycles. The second-order valence-electron chi connectivity index (χ2n) is 3.09. The van der Waals surface area contributed by atoms with Gasteiger partial charge >= 0.3 is 0 Å². The Bertz CT molecular complexity index is 603. The summed E-state index contributed by atoms with van der Waals surface area (Å²) in [6.07, 6.45) is 3.89. The Morgan fingerprint density at radius 3 is 2.75 bits per heavy atom. The van der Waals surface area contributed by atoms with E-state index >= 15 is 0 Å². The van der Waals surface area contributed by atoms with E-state index in [1.54, 1.807) is 0 Å². The molecule has 2 aromatic rings. The van der Waals surface area contributed by atoms with Crippen LogP contribution in [0.3, 0.4) is 0 Å². The van der Waals surface area contributed by atoms with Crippen molar-refractivity contribution in [3.05, 3.63) is 21.9 Å². The zero-order chi connectivity index (χ0) is 11.8. The summed E-state index contributed by atoms with van der Waals surface area (Å²) in [6, 6.07) is 0. The van der Waals surface area contributed by atoms with Gasteiger partial charge in [-0.2, -0.15) is 5.10 Å². The van der Waals surface area contributed by atoms with Crippen molar-refractivity contribution < 1.29 is 8.42 Å². The van der Waals surface area contributed by atoms with Gasteiger partial charge in [-0.15, -0.1) is 10.2 Å². The third-order valence-corrected chi connectivity index (χ3v) is 3.85. The first-order valence-electron chi connectivity index (χ1n) is 4.15. The molecule has 0 atom stereocenters. The van der Waals surface area contributed by atoms with Crippen LogP contribution in [0.2, 0.25) is 4.47 Å². The molecule has 0 spiro atoms. The van der Waals surface area contributed by atoms with Gasteiger partial charge in [0.15, 0.2) is 9.84 Å². The number of nitrogens with zero attached hydrogens (tertiary/aromatic N) is 4. The molecule has 0 saturated heterocycles. The molecule has 9 heteroatoms. The molecule has 2 heterocycles. The van der Waals surface area contributed by atoms with Crippen LogP contribution in [0.4, 0.5) is 0 Å². The van der Waals surface area contributed by atoms with Crippen LogP contribution in [-0.2, 0) is 16.4 Å². The molecule has 0 amide bonds. The summed E-state index contributed by atoms with van der Waals surface area (Å²) in [5, 5.41) is 12.0. The molecule has 86 valence electrons. The fraction of sp³-hybridized carbons (Fsp3) is 0.286. The zero-order valence-electron chi connectivity index (χ0n) is 8.16. The Balaban J connectivity index is 2.21. The van der Waals surface area contributed by atoms with Crippen molar-refractivity contribution in [1.29, 1.82) is 0 Å². The normalized spacial score (nSPS) is 11.9. The predicted octanol–water partition coefficient (Wildman–Crippen LogP) is 0.840. The van der Waals surface area contributed by atoms with E-state index in [9.17, 15) is 8.42 Å². The summed E-state index contributed by atoms with van der Waals surface area (Å²) in [7, 11) is -3.21. The number of sulfone groups is 1. The van der Waals surface area contributed by atoms with E-state index < -0.39 is 9.84 Å². The summed E-state index contributed by atoms with van der Waals surface area (Å²) in [5.74, 6) is 0. The highest BCUT2D eigenvalue weighted by molar-refractivity contribution is 7.90. The van der Waals surface area contributed by atoms with Crippen molar-refractivity contribution in [2.75, 3.05) is 6.26 Å². The number of aromatic nitrogens is 4. The van der Waals surface area contributed by atoms with Crippen molar-refractivity contribution in [1.82, 2.24) is 20.0 Å². The van der Waals surface area contributed by atoms with Gasteiger partial charge in [0.2, 0.25) is 4.47 Å². The zero-order valence-corrected chi connectivity index (χ0v) is 10.6. The van der Waals surface area contributed by atoms with Gasteiger partial charge in [-0.05, 0) is 11.6 Å². The van der Waals surface area contributed by atoms with E-state index in [4.69, 9.17) is 11.6 Å². The third-order valence-electron chi connectivity index (χ3n) is 1.78. The van der Waals surface area contributed by atoms with Crippen molar-refractivity contribution >= 4 is 32.8 Å². The van der Waals surface area contributed by atoms with E-state index in [1.807, 2.05) is 0 Å². The highest BCUT2D eigenvalue weighted by atomic mass is 35.5. The number of rotatable bonds is 3. The minimum atomic E-state index is -3.21. The summed E-state index contributed by atoms with van der Waals surface area (Å²) in [5.41, 5.74) is 0. The minimum Gasteiger partial charge on any atom is -0.264 e. The van der Waals surface area contributed by atoms with Crippen molar-refractivity contribution in [2.24, 2.45) is 0 Å². The lowest BCUT2D eigenvalue weighted by molar-refractivity contribution is 0.601. The first kappa shape index (κ1) is 11.5.